The lowest BCUT2D eigenvalue weighted by Crippen LogP contribution is -2.03. The summed E-state index contributed by atoms with van der Waals surface area (Å²) >= 11 is 0. The van der Waals surface area contributed by atoms with Gasteiger partial charge in [-0.15, -0.1) is 0 Å². The van der Waals surface area contributed by atoms with Gasteiger partial charge >= 0.3 is 5.97 Å². The van der Waals surface area contributed by atoms with Crippen molar-refractivity contribution in [3.63, 3.8) is 0 Å². The molecule has 1 N–H and O–H groups in total. The molecule has 0 saturated carbocycles. The van der Waals surface area contributed by atoms with Crippen molar-refractivity contribution in [1.82, 2.24) is 9.97 Å². The fourth-order valence-corrected chi connectivity index (χ4v) is 2.58. The Morgan fingerprint density at radius 1 is 1.23 bits per heavy atom. The Labute approximate surface area is 150 Å². The normalized spacial score (nSPS) is 11.2. The maximum Gasteiger partial charge on any atom is 0.308 e. The van der Waals surface area contributed by atoms with Gasteiger partial charge in [0.2, 0.25) is 0 Å². The third-order valence-electron chi connectivity index (χ3n) is 3.77. The number of fused-ring (bicyclic) bond motifs is 1. The van der Waals surface area contributed by atoms with Crippen LogP contribution in [-0.4, -0.2) is 23.0 Å². The van der Waals surface area contributed by atoms with E-state index in [4.69, 9.17) is 9.47 Å². The van der Waals surface area contributed by atoms with Crippen molar-refractivity contribution in [2.45, 2.75) is 13.8 Å². The molecule has 2 aromatic carbocycles. The molecule has 6 nitrogen and oxygen atoms in total. The summed E-state index contributed by atoms with van der Waals surface area (Å²) in [6.45, 7) is 3.32. The molecule has 0 aliphatic heterocycles. The van der Waals surface area contributed by atoms with Gasteiger partial charge in [-0.05, 0) is 48.4 Å². The first-order chi connectivity index (χ1) is 12.5. The fourth-order valence-electron chi connectivity index (χ4n) is 2.58. The number of aromatic amines is 1. The van der Waals surface area contributed by atoms with Gasteiger partial charge < -0.3 is 14.5 Å². The number of methoxy groups -OCH3 is 1. The Balaban J connectivity index is 2.00. The highest BCUT2D eigenvalue weighted by molar-refractivity contribution is 5.90. The highest BCUT2D eigenvalue weighted by atomic mass is 16.6. The Morgan fingerprint density at radius 2 is 2.04 bits per heavy atom. The molecule has 0 unspecified atom stereocenters. The molecule has 0 fully saturated rings. The van der Waals surface area contributed by atoms with E-state index >= 15 is 0 Å². The summed E-state index contributed by atoms with van der Waals surface area (Å²) in [5.74, 6) is 0.805. The fraction of sp³-hybridized carbons (Fsp3) is 0.150. The minimum absolute atomic E-state index is 0.329. The standard InChI is InChI=1S/C20H17N3O3/c1-12-4-6-16-17(8-12)23-20(22-16)15(11-21)9-14-5-7-18(26-13(2)24)19(10-14)25-3/h4-10H,1-3H3,(H,22,23). The summed E-state index contributed by atoms with van der Waals surface area (Å²) in [5.41, 5.74) is 3.91. The van der Waals surface area contributed by atoms with Crippen molar-refractivity contribution in [2.75, 3.05) is 7.11 Å². The minimum Gasteiger partial charge on any atom is -0.493 e. The Morgan fingerprint density at radius 3 is 2.73 bits per heavy atom. The van der Waals surface area contributed by atoms with E-state index in [2.05, 4.69) is 16.0 Å². The average Bonchev–Trinajstić information content (AvgIpc) is 3.03. The average molecular weight is 347 g/mol. The van der Waals surface area contributed by atoms with Crippen LogP contribution in [-0.2, 0) is 4.79 Å². The summed E-state index contributed by atoms with van der Waals surface area (Å²) in [4.78, 5) is 18.8. The second-order valence-corrected chi connectivity index (χ2v) is 5.78. The molecule has 0 radical (unpaired) electrons. The molecule has 3 rings (SSSR count). The molecule has 0 bridgehead atoms. The van der Waals surface area contributed by atoms with Crippen molar-refractivity contribution in [3.8, 4) is 17.6 Å². The number of aryl methyl sites for hydroxylation is 1. The highest BCUT2D eigenvalue weighted by Crippen LogP contribution is 2.30. The lowest BCUT2D eigenvalue weighted by molar-refractivity contribution is -0.132. The number of carbonyl (C=O) groups is 1. The number of carbonyl (C=O) groups excluding carboxylic acids is 1. The number of H-pyrrole nitrogens is 1. The number of nitrogens with zero attached hydrogens (tertiary/aromatic N) is 2. The molecule has 0 aliphatic rings. The number of ether oxygens (including phenoxy) is 2. The van der Waals surface area contributed by atoms with E-state index in [0.717, 1.165) is 22.2 Å². The smallest absolute Gasteiger partial charge is 0.308 e. The number of rotatable bonds is 4. The topological polar surface area (TPSA) is 88.0 Å². The second-order valence-electron chi connectivity index (χ2n) is 5.78. The van der Waals surface area contributed by atoms with Gasteiger partial charge in [0, 0.05) is 6.92 Å². The number of hydrogen-bond acceptors (Lipinski definition) is 5. The van der Waals surface area contributed by atoms with Crippen molar-refractivity contribution in [3.05, 3.63) is 53.3 Å². The van der Waals surface area contributed by atoms with Gasteiger partial charge in [0.05, 0.1) is 23.7 Å². The Bertz CT molecular complexity index is 1060. The van der Waals surface area contributed by atoms with Crippen molar-refractivity contribution >= 4 is 28.7 Å². The quantitative estimate of drug-likeness (QED) is 0.440. The number of aromatic nitrogens is 2. The van der Waals surface area contributed by atoms with Crippen molar-refractivity contribution in [1.29, 1.82) is 5.26 Å². The molecule has 26 heavy (non-hydrogen) atoms. The Hall–Kier alpha value is -3.59. The molecular formula is C20H17N3O3. The molecule has 0 atom stereocenters. The van der Waals surface area contributed by atoms with Gasteiger partial charge in [-0.25, -0.2) is 4.98 Å². The summed E-state index contributed by atoms with van der Waals surface area (Å²) in [6.07, 6.45) is 1.70. The van der Waals surface area contributed by atoms with Crippen LogP contribution in [0.1, 0.15) is 23.9 Å². The molecule has 0 saturated heterocycles. The van der Waals surface area contributed by atoms with Crippen molar-refractivity contribution in [2.24, 2.45) is 0 Å². The first-order valence-corrected chi connectivity index (χ1v) is 7.95. The third kappa shape index (κ3) is 3.57. The van der Waals surface area contributed by atoms with E-state index in [0.29, 0.717) is 22.9 Å². The largest absolute Gasteiger partial charge is 0.493 e. The molecule has 0 spiro atoms. The summed E-state index contributed by atoms with van der Waals surface area (Å²) < 4.78 is 10.3. The van der Waals surface area contributed by atoms with Gasteiger partial charge in [-0.1, -0.05) is 12.1 Å². The van der Waals surface area contributed by atoms with E-state index in [1.807, 2.05) is 25.1 Å². The van der Waals surface area contributed by atoms with Crippen LogP contribution < -0.4 is 9.47 Å². The van der Waals surface area contributed by atoms with Gasteiger partial charge in [0.1, 0.15) is 11.9 Å². The Kier molecular flexibility index (Phi) is 4.72. The lowest BCUT2D eigenvalue weighted by atomic mass is 10.1. The molecule has 6 heteroatoms. The van der Waals surface area contributed by atoms with E-state index in [1.165, 1.54) is 14.0 Å². The molecule has 0 amide bonds. The van der Waals surface area contributed by atoms with E-state index in [9.17, 15) is 10.1 Å². The molecule has 1 heterocycles. The summed E-state index contributed by atoms with van der Waals surface area (Å²) in [7, 11) is 1.49. The lowest BCUT2D eigenvalue weighted by Gasteiger charge is -2.08. The highest BCUT2D eigenvalue weighted by Gasteiger charge is 2.11. The summed E-state index contributed by atoms with van der Waals surface area (Å²) in [6, 6.07) is 13.1. The maximum atomic E-state index is 11.1. The van der Waals surface area contributed by atoms with Crippen LogP contribution in [0.5, 0.6) is 11.5 Å². The van der Waals surface area contributed by atoms with Crippen LogP contribution in [0, 0.1) is 18.3 Å². The van der Waals surface area contributed by atoms with E-state index in [-0.39, 0.29) is 0 Å². The van der Waals surface area contributed by atoms with Gasteiger partial charge in [-0.2, -0.15) is 5.26 Å². The van der Waals surface area contributed by atoms with Crippen LogP contribution >= 0.6 is 0 Å². The van der Waals surface area contributed by atoms with Crippen molar-refractivity contribution < 1.29 is 14.3 Å². The molecule has 1 aromatic heterocycles. The summed E-state index contributed by atoms with van der Waals surface area (Å²) in [5, 5.41) is 9.54. The second kappa shape index (κ2) is 7.11. The van der Waals surface area contributed by atoms with Crippen LogP contribution in [0.2, 0.25) is 0 Å². The predicted molar refractivity (Wildman–Crippen MR) is 98.6 cm³/mol. The van der Waals surface area contributed by atoms with Crippen LogP contribution in [0.4, 0.5) is 0 Å². The van der Waals surface area contributed by atoms with Crippen LogP contribution in [0.25, 0.3) is 22.7 Å². The predicted octanol–water partition coefficient (Wildman–Crippen LogP) is 3.87. The van der Waals surface area contributed by atoms with E-state index in [1.54, 1.807) is 24.3 Å². The third-order valence-corrected chi connectivity index (χ3v) is 3.77. The van der Waals surface area contributed by atoms with Gasteiger partial charge in [0.15, 0.2) is 11.5 Å². The van der Waals surface area contributed by atoms with Crippen LogP contribution in [0.15, 0.2) is 36.4 Å². The SMILES string of the molecule is COc1cc(C=C(C#N)c2nc3ccc(C)cc3[nH]2)ccc1OC(C)=O. The van der Waals surface area contributed by atoms with Gasteiger partial charge in [0.25, 0.3) is 0 Å². The molecule has 130 valence electrons. The number of benzene rings is 2. The molecular weight excluding hydrogens is 330 g/mol. The molecule has 3 aromatic rings. The number of esters is 1. The van der Waals surface area contributed by atoms with Crippen LogP contribution in [0.3, 0.4) is 0 Å². The number of nitrogens with one attached hydrogen (secondary N) is 1. The first-order valence-electron chi connectivity index (χ1n) is 7.95. The number of hydrogen-bond donors (Lipinski definition) is 1. The first kappa shape index (κ1) is 17.2. The number of nitriles is 1. The number of imidazole rings is 1. The maximum absolute atomic E-state index is 11.1. The van der Waals surface area contributed by atoms with E-state index < -0.39 is 5.97 Å². The zero-order chi connectivity index (χ0) is 18.7. The minimum atomic E-state index is -0.429. The van der Waals surface area contributed by atoms with Gasteiger partial charge in [-0.3, -0.25) is 4.79 Å². The zero-order valence-electron chi connectivity index (χ0n) is 14.7. The number of allylic oxidation sites excluding steroid dienone is 1. The monoisotopic (exact) mass is 347 g/mol. The zero-order valence-corrected chi connectivity index (χ0v) is 14.7. The molecule has 0 aliphatic carbocycles.